The van der Waals surface area contributed by atoms with Gasteiger partial charge >= 0.3 is 0 Å². The number of nitrogens with one attached hydrogen (secondary N) is 2. The summed E-state index contributed by atoms with van der Waals surface area (Å²) in [5.41, 5.74) is 1.98. The number of hydrazine groups is 1. The number of hydrogen-bond donors (Lipinski definition) is 3. The monoisotopic (exact) mass is 185 g/mol. The Hall–Kier alpha value is -1.69. The van der Waals surface area contributed by atoms with Gasteiger partial charge in [0.15, 0.2) is 0 Å². The summed E-state index contributed by atoms with van der Waals surface area (Å²) in [5, 5.41) is 2.03. The number of imide groups is 1. The van der Waals surface area contributed by atoms with Crippen molar-refractivity contribution in [2.45, 2.75) is 13.3 Å². The van der Waals surface area contributed by atoms with Crippen molar-refractivity contribution in [2.24, 2.45) is 5.84 Å². The molecular weight excluding hydrogens is 174 g/mol. The summed E-state index contributed by atoms with van der Waals surface area (Å²) < 4.78 is 0. The van der Waals surface area contributed by atoms with Crippen LogP contribution in [0.25, 0.3) is 0 Å². The zero-order chi connectivity index (χ0) is 10.3. The van der Waals surface area contributed by atoms with Crippen LogP contribution in [-0.2, 0) is 14.4 Å². The van der Waals surface area contributed by atoms with Crippen LogP contribution in [-0.4, -0.2) is 17.7 Å². The number of carbonyl (C=O) groups is 3. The second-order valence-electron chi connectivity index (χ2n) is 2.11. The molecule has 1 heterocycles. The third-order valence-corrected chi connectivity index (χ3v) is 1.11. The fourth-order valence-electron chi connectivity index (χ4n) is 0.458. The van der Waals surface area contributed by atoms with E-state index in [1.165, 1.54) is 12.2 Å². The molecular formula is C7H11N3O3. The van der Waals surface area contributed by atoms with E-state index in [1.807, 2.05) is 10.7 Å². The third kappa shape index (κ3) is 5.57. The summed E-state index contributed by atoms with van der Waals surface area (Å²) in [7, 11) is 0. The van der Waals surface area contributed by atoms with E-state index < -0.39 is 0 Å². The lowest BCUT2D eigenvalue weighted by molar-refractivity contribution is -0.123. The molecule has 1 rings (SSSR count). The molecule has 0 unspecified atom stereocenters. The molecule has 4 N–H and O–H groups in total. The Labute approximate surface area is 75.1 Å². The van der Waals surface area contributed by atoms with Crippen molar-refractivity contribution in [3.8, 4) is 0 Å². The number of carbonyl (C=O) groups excluding carboxylic acids is 3. The molecule has 0 saturated carbocycles. The smallest absolute Gasteiger partial charge is 0.250 e. The van der Waals surface area contributed by atoms with E-state index in [0.29, 0.717) is 6.42 Å². The molecule has 1 aliphatic rings. The molecule has 0 spiro atoms. The maximum atomic E-state index is 10.0. The van der Waals surface area contributed by atoms with Crippen molar-refractivity contribution < 1.29 is 14.4 Å². The standard InChI is InChI=1S/C4H3NO2.C3H8N2O/c6-3-1-2-4(7)5-3;1-2-3(6)5-4/h1-2H,(H,5,6,7);2,4H2,1H3,(H,5,6). The molecule has 72 valence electrons. The number of rotatable bonds is 1. The highest BCUT2D eigenvalue weighted by Crippen LogP contribution is 1.82. The van der Waals surface area contributed by atoms with Crippen molar-refractivity contribution >= 4 is 17.7 Å². The van der Waals surface area contributed by atoms with Gasteiger partial charge in [-0.15, -0.1) is 0 Å². The molecule has 6 nitrogen and oxygen atoms in total. The van der Waals surface area contributed by atoms with Gasteiger partial charge in [0.05, 0.1) is 0 Å². The summed E-state index contributed by atoms with van der Waals surface area (Å²) in [6.07, 6.45) is 2.85. The van der Waals surface area contributed by atoms with Gasteiger partial charge in [-0.05, 0) is 0 Å². The van der Waals surface area contributed by atoms with Gasteiger partial charge in [0.25, 0.3) is 11.8 Å². The van der Waals surface area contributed by atoms with E-state index in [1.54, 1.807) is 6.92 Å². The minimum absolute atomic E-state index is 0.130. The van der Waals surface area contributed by atoms with Gasteiger partial charge in [-0.2, -0.15) is 0 Å². The molecule has 0 aromatic carbocycles. The first-order valence-corrected chi connectivity index (χ1v) is 3.62. The summed E-state index contributed by atoms with van der Waals surface area (Å²) in [6.45, 7) is 1.74. The molecule has 3 amide bonds. The number of amides is 3. The van der Waals surface area contributed by atoms with Gasteiger partial charge in [0, 0.05) is 18.6 Å². The summed E-state index contributed by atoms with van der Waals surface area (Å²) in [5.74, 6) is 3.90. The summed E-state index contributed by atoms with van der Waals surface area (Å²) in [6, 6.07) is 0. The highest BCUT2D eigenvalue weighted by Gasteiger charge is 2.06. The van der Waals surface area contributed by atoms with Crippen LogP contribution in [0.4, 0.5) is 0 Å². The number of hydrogen-bond acceptors (Lipinski definition) is 4. The maximum Gasteiger partial charge on any atom is 0.250 e. The van der Waals surface area contributed by atoms with Gasteiger partial charge < -0.3 is 0 Å². The first-order valence-electron chi connectivity index (χ1n) is 3.62. The minimum Gasteiger partial charge on any atom is -0.294 e. The van der Waals surface area contributed by atoms with Gasteiger partial charge in [-0.25, -0.2) is 5.84 Å². The maximum absolute atomic E-state index is 10.0. The Morgan fingerprint density at radius 2 is 1.92 bits per heavy atom. The van der Waals surface area contributed by atoms with Crippen LogP contribution in [0.1, 0.15) is 13.3 Å². The summed E-state index contributed by atoms with van der Waals surface area (Å²) >= 11 is 0. The Balaban J connectivity index is 0.000000226. The van der Waals surface area contributed by atoms with E-state index >= 15 is 0 Å². The zero-order valence-electron chi connectivity index (χ0n) is 7.16. The Bertz CT molecular complexity index is 225. The summed E-state index contributed by atoms with van der Waals surface area (Å²) in [4.78, 5) is 30.0. The molecule has 0 atom stereocenters. The normalized spacial score (nSPS) is 13.1. The quantitative estimate of drug-likeness (QED) is 0.202. The van der Waals surface area contributed by atoms with Gasteiger partial charge in [-0.1, -0.05) is 6.92 Å². The van der Waals surface area contributed by atoms with Crippen molar-refractivity contribution in [2.75, 3.05) is 0 Å². The van der Waals surface area contributed by atoms with Crippen LogP contribution in [0, 0.1) is 0 Å². The highest BCUT2D eigenvalue weighted by molar-refractivity contribution is 6.12. The highest BCUT2D eigenvalue weighted by atomic mass is 16.2. The lowest BCUT2D eigenvalue weighted by Gasteiger charge is -1.87. The van der Waals surface area contributed by atoms with Crippen LogP contribution in [0.2, 0.25) is 0 Å². The molecule has 0 fully saturated rings. The molecule has 0 aromatic heterocycles. The van der Waals surface area contributed by atoms with Crippen LogP contribution in [0.5, 0.6) is 0 Å². The fraction of sp³-hybridized carbons (Fsp3) is 0.286. The fourth-order valence-corrected chi connectivity index (χ4v) is 0.458. The molecule has 0 bridgehead atoms. The van der Waals surface area contributed by atoms with Crippen LogP contribution in [0.15, 0.2) is 12.2 Å². The van der Waals surface area contributed by atoms with E-state index in [0.717, 1.165) is 0 Å². The largest absolute Gasteiger partial charge is 0.294 e. The van der Waals surface area contributed by atoms with Crippen molar-refractivity contribution in [1.29, 1.82) is 0 Å². The average Bonchev–Trinajstić information content (AvgIpc) is 2.49. The predicted octanol–water partition coefficient (Wildman–Crippen LogP) is -1.41. The average molecular weight is 185 g/mol. The molecule has 6 heteroatoms. The van der Waals surface area contributed by atoms with Crippen LogP contribution >= 0.6 is 0 Å². The van der Waals surface area contributed by atoms with E-state index in [4.69, 9.17) is 0 Å². The second-order valence-corrected chi connectivity index (χ2v) is 2.11. The lowest BCUT2D eigenvalue weighted by Crippen LogP contribution is -2.28. The molecule has 0 radical (unpaired) electrons. The van der Waals surface area contributed by atoms with Crippen molar-refractivity contribution in [3.63, 3.8) is 0 Å². The SMILES string of the molecule is CCC(=O)NN.O=C1C=CC(=O)N1. The van der Waals surface area contributed by atoms with E-state index in [9.17, 15) is 14.4 Å². The topological polar surface area (TPSA) is 101 Å². The minimum atomic E-state index is -0.329. The third-order valence-electron chi connectivity index (χ3n) is 1.11. The molecule has 1 aliphatic heterocycles. The van der Waals surface area contributed by atoms with Gasteiger partial charge in [-0.3, -0.25) is 25.1 Å². The van der Waals surface area contributed by atoms with Crippen molar-refractivity contribution in [1.82, 2.24) is 10.7 Å². The Morgan fingerprint density at radius 1 is 1.46 bits per heavy atom. The number of nitrogens with two attached hydrogens (primary N) is 1. The van der Waals surface area contributed by atoms with E-state index in [-0.39, 0.29) is 17.7 Å². The van der Waals surface area contributed by atoms with Crippen LogP contribution < -0.4 is 16.6 Å². The first kappa shape index (κ1) is 11.3. The van der Waals surface area contributed by atoms with E-state index in [2.05, 4.69) is 5.84 Å². The Morgan fingerprint density at radius 3 is 2.00 bits per heavy atom. The first-order chi connectivity index (χ1) is 6.10. The molecule has 0 aliphatic carbocycles. The Kier molecular flexibility index (Phi) is 5.13. The van der Waals surface area contributed by atoms with Gasteiger partial charge in [0.2, 0.25) is 5.91 Å². The predicted molar refractivity (Wildman–Crippen MR) is 44.9 cm³/mol. The van der Waals surface area contributed by atoms with Crippen molar-refractivity contribution in [3.05, 3.63) is 12.2 Å². The van der Waals surface area contributed by atoms with Crippen LogP contribution in [0.3, 0.4) is 0 Å². The second kappa shape index (κ2) is 5.90. The zero-order valence-corrected chi connectivity index (χ0v) is 7.16. The molecule has 0 aromatic rings. The van der Waals surface area contributed by atoms with Gasteiger partial charge in [0.1, 0.15) is 0 Å². The lowest BCUT2D eigenvalue weighted by atomic mass is 10.5. The molecule has 13 heavy (non-hydrogen) atoms. The molecule has 0 saturated heterocycles.